The molecule has 50 heavy (non-hydrogen) atoms. The van der Waals surface area contributed by atoms with Crippen LogP contribution < -0.4 is 0 Å². The number of fused-ring (bicyclic) bond motifs is 10. The number of hydrogen-bond acceptors (Lipinski definition) is 3. The molecule has 0 spiro atoms. The van der Waals surface area contributed by atoms with Gasteiger partial charge in [-0.3, -0.25) is 4.57 Å². The van der Waals surface area contributed by atoms with E-state index in [4.69, 9.17) is 14.4 Å². The summed E-state index contributed by atoms with van der Waals surface area (Å²) in [5, 5.41) is 10.3. The second-order valence-corrected chi connectivity index (χ2v) is 13.0. The Morgan fingerprint density at radius 2 is 1.12 bits per heavy atom. The first-order valence-electron chi connectivity index (χ1n) is 16.9. The summed E-state index contributed by atoms with van der Waals surface area (Å²) in [5.74, 6) is 0.623. The van der Waals surface area contributed by atoms with Crippen molar-refractivity contribution in [2.45, 2.75) is 0 Å². The van der Waals surface area contributed by atoms with E-state index in [1.54, 1.807) is 0 Å². The lowest BCUT2D eigenvalue weighted by molar-refractivity contribution is 0.670. The van der Waals surface area contributed by atoms with Crippen LogP contribution in [0.3, 0.4) is 0 Å². The van der Waals surface area contributed by atoms with Gasteiger partial charge < -0.3 is 4.42 Å². The number of benzene rings is 8. The fourth-order valence-corrected chi connectivity index (χ4v) is 7.94. The molecule has 0 N–H and O–H groups in total. The fraction of sp³-hybridized carbons (Fsp3) is 0. The highest BCUT2D eigenvalue weighted by Crippen LogP contribution is 2.43. The molecule has 0 amide bonds. The molecule has 3 aromatic heterocycles. The van der Waals surface area contributed by atoms with Gasteiger partial charge in [0, 0.05) is 32.5 Å². The quantitative estimate of drug-likeness (QED) is 0.194. The van der Waals surface area contributed by atoms with Gasteiger partial charge in [0.15, 0.2) is 0 Å². The van der Waals surface area contributed by atoms with Crippen molar-refractivity contribution in [3.8, 4) is 28.3 Å². The van der Waals surface area contributed by atoms with Crippen LogP contribution in [0.1, 0.15) is 0 Å². The van der Waals surface area contributed by atoms with Gasteiger partial charge in [-0.05, 0) is 69.1 Å². The molecule has 11 rings (SSSR count). The number of hydrogen-bond donors (Lipinski definition) is 0. The Kier molecular flexibility index (Phi) is 5.63. The third-order valence-corrected chi connectivity index (χ3v) is 10.2. The standard InChI is InChI=1S/C46H27N3O/c1-2-13-28(14-3-1)37-27-41-43(32-18-7-6-17-31(32)37)35-20-9-11-24-40(35)49(41)46-47-39-23-10-8-19-34(39)44(48-46)36-22-12-21-33-38-25-29-15-4-5-16-30(29)26-42(38)50-45(33)36/h1-27H. The molecular weight excluding hydrogens is 611 g/mol. The van der Waals surface area contributed by atoms with Gasteiger partial charge in [-0.1, -0.05) is 127 Å². The zero-order valence-electron chi connectivity index (χ0n) is 26.8. The van der Waals surface area contributed by atoms with Gasteiger partial charge >= 0.3 is 0 Å². The molecule has 0 aliphatic carbocycles. The van der Waals surface area contributed by atoms with E-state index in [0.717, 1.165) is 60.5 Å². The average Bonchev–Trinajstić information content (AvgIpc) is 3.72. The molecule has 0 fully saturated rings. The Labute approximate surface area is 286 Å². The lowest BCUT2D eigenvalue weighted by atomic mass is 9.95. The highest BCUT2D eigenvalue weighted by Gasteiger charge is 2.22. The van der Waals surface area contributed by atoms with Crippen LogP contribution in [0.5, 0.6) is 0 Å². The topological polar surface area (TPSA) is 43.9 Å². The van der Waals surface area contributed by atoms with E-state index in [1.165, 1.54) is 38.1 Å². The number of nitrogens with zero attached hydrogens (tertiary/aromatic N) is 3. The molecule has 8 aromatic carbocycles. The maximum absolute atomic E-state index is 6.71. The van der Waals surface area contributed by atoms with Gasteiger partial charge in [0.2, 0.25) is 5.95 Å². The van der Waals surface area contributed by atoms with E-state index >= 15 is 0 Å². The molecule has 4 nitrogen and oxygen atoms in total. The highest BCUT2D eigenvalue weighted by atomic mass is 16.3. The van der Waals surface area contributed by atoms with E-state index in [-0.39, 0.29) is 0 Å². The molecule has 0 bridgehead atoms. The van der Waals surface area contributed by atoms with Gasteiger partial charge in [-0.15, -0.1) is 0 Å². The molecule has 0 aliphatic rings. The summed E-state index contributed by atoms with van der Waals surface area (Å²) in [6.07, 6.45) is 0. The molecule has 3 heterocycles. The fourth-order valence-electron chi connectivity index (χ4n) is 7.94. The first-order chi connectivity index (χ1) is 24.8. The van der Waals surface area contributed by atoms with E-state index < -0.39 is 0 Å². The van der Waals surface area contributed by atoms with Crippen LogP contribution in [0.4, 0.5) is 0 Å². The zero-order chi connectivity index (χ0) is 32.8. The van der Waals surface area contributed by atoms with E-state index in [2.05, 4.69) is 162 Å². The zero-order valence-corrected chi connectivity index (χ0v) is 26.8. The maximum Gasteiger partial charge on any atom is 0.235 e. The number of aromatic nitrogens is 3. The van der Waals surface area contributed by atoms with Crippen LogP contribution in [0.25, 0.3) is 105 Å². The minimum Gasteiger partial charge on any atom is -0.455 e. The Balaban J connectivity index is 1.25. The van der Waals surface area contributed by atoms with Crippen molar-refractivity contribution >= 4 is 76.2 Å². The number of furan rings is 1. The van der Waals surface area contributed by atoms with Crippen LogP contribution in [-0.2, 0) is 0 Å². The third-order valence-electron chi connectivity index (χ3n) is 10.2. The molecule has 4 heteroatoms. The summed E-state index contributed by atoms with van der Waals surface area (Å²) < 4.78 is 8.95. The van der Waals surface area contributed by atoms with Crippen LogP contribution in [0, 0.1) is 0 Å². The molecule has 0 unspecified atom stereocenters. The molecule has 0 aliphatic heterocycles. The minimum atomic E-state index is 0.623. The smallest absolute Gasteiger partial charge is 0.235 e. The summed E-state index contributed by atoms with van der Waals surface area (Å²) in [4.78, 5) is 10.7. The van der Waals surface area contributed by atoms with E-state index in [0.29, 0.717) is 5.95 Å². The van der Waals surface area contributed by atoms with Crippen LogP contribution in [0.2, 0.25) is 0 Å². The van der Waals surface area contributed by atoms with Crippen molar-refractivity contribution in [3.05, 3.63) is 164 Å². The molecule has 0 atom stereocenters. The maximum atomic E-state index is 6.71. The average molecular weight is 638 g/mol. The first-order valence-corrected chi connectivity index (χ1v) is 16.9. The second-order valence-electron chi connectivity index (χ2n) is 13.0. The predicted molar refractivity (Wildman–Crippen MR) is 207 cm³/mol. The van der Waals surface area contributed by atoms with Crippen LogP contribution >= 0.6 is 0 Å². The van der Waals surface area contributed by atoms with Gasteiger partial charge in [0.1, 0.15) is 11.2 Å². The van der Waals surface area contributed by atoms with E-state index in [9.17, 15) is 0 Å². The molecule has 232 valence electrons. The Morgan fingerprint density at radius 3 is 1.98 bits per heavy atom. The second kappa shape index (κ2) is 10.4. The first kappa shape index (κ1) is 27.2. The summed E-state index contributed by atoms with van der Waals surface area (Å²) in [5.41, 5.74) is 8.84. The van der Waals surface area contributed by atoms with Crippen molar-refractivity contribution in [2.24, 2.45) is 0 Å². The highest BCUT2D eigenvalue weighted by molar-refractivity contribution is 6.24. The third kappa shape index (κ3) is 3.87. The van der Waals surface area contributed by atoms with Gasteiger partial charge in [-0.2, -0.15) is 0 Å². The summed E-state index contributed by atoms with van der Waals surface area (Å²) in [6.45, 7) is 0. The molecular formula is C46H27N3O. The number of rotatable bonds is 3. The Morgan fingerprint density at radius 1 is 0.440 bits per heavy atom. The lowest BCUT2D eigenvalue weighted by Crippen LogP contribution is -2.03. The van der Waals surface area contributed by atoms with Crippen molar-refractivity contribution in [3.63, 3.8) is 0 Å². The normalized spacial score (nSPS) is 12.0. The van der Waals surface area contributed by atoms with Crippen molar-refractivity contribution in [2.75, 3.05) is 0 Å². The summed E-state index contributed by atoms with van der Waals surface area (Å²) >= 11 is 0. The van der Waals surface area contributed by atoms with Crippen molar-refractivity contribution in [1.29, 1.82) is 0 Å². The molecule has 0 radical (unpaired) electrons. The largest absolute Gasteiger partial charge is 0.455 e. The Hall–Kier alpha value is -6.78. The molecule has 0 saturated heterocycles. The van der Waals surface area contributed by atoms with Gasteiger partial charge in [0.05, 0.1) is 22.2 Å². The van der Waals surface area contributed by atoms with Crippen molar-refractivity contribution < 1.29 is 4.42 Å². The Bertz CT molecular complexity index is 3150. The van der Waals surface area contributed by atoms with Gasteiger partial charge in [-0.25, -0.2) is 9.97 Å². The van der Waals surface area contributed by atoms with E-state index in [1.807, 2.05) is 6.07 Å². The van der Waals surface area contributed by atoms with Gasteiger partial charge in [0.25, 0.3) is 0 Å². The van der Waals surface area contributed by atoms with Crippen LogP contribution in [-0.4, -0.2) is 14.5 Å². The summed E-state index contributed by atoms with van der Waals surface area (Å²) in [7, 11) is 0. The molecule has 11 aromatic rings. The minimum absolute atomic E-state index is 0.623. The lowest BCUT2D eigenvalue weighted by Gasteiger charge is -2.13. The van der Waals surface area contributed by atoms with Crippen molar-refractivity contribution in [1.82, 2.24) is 14.5 Å². The number of para-hydroxylation sites is 3. The monoisotopic (exact) mass is 637 g/mol. The van der Waals surface area contributed by atoms with Crippen LogP contribution in [0.15, 0.2) is 168 Å². The predicted octanol–water partition coefficient (Wildman–Crippen LogP) is 12.3. The SMILES string of the molecule is c1ccc(-c2cc3c(c4ccccc24)c2ccccc2n3-c2nc(-c3cccc4c3oc3cc5ccccc5cc34)c3ccccc3n2)cc1. The molecule has 0 saturated carbocycles. The summed E-state index contributed by atoms with van der Waals surface area (Å²) in [6, 6.07) is 57.7.